The van der Waals surface area contributed by atoms with E-state index in [0.29, 0.717) is 5.54 Å². The van der Waals surface area contributed by atoms with Gasteiger partial charge in [-0.05, 0) is 43.9 Å². The summed E-state index contributed by atoms with van der Waals surface area (Å²) in [5, 5.41) is 3.74. The molecule has 1 aromatic rings. The van der Waals surface area contributed by atoms with Crippen molar-refractivity contribution < 1.29 is 0 Å². The van der Waals surface area contributed by atoms with Crippen LogP contribution in [0.4, 0.5) is 0 Å². The van der Waals surface area contributed by atoms with E-state index in [1.807, 2.05) is 0 Å². The number of piperidine rings is 1. The van der Waals surface area contributed by atoms with Crippen molar-refractivity contribution in [1.29, 1.82) is 0 Å². The highest BCUT2D eigenvalue weighted by molar-refractivity contribution is 9.10. The summed E-state index contributed by atoms with van der Waals surface area (Å²) in [4.78, 5) is 0. The first-order chi connectivity index (χ1) is 7.76. The van der Waals surface area contributed by atoms with Crippen LogP contribution >= 0.6 is 15.9 Å². The molecule has 16 heavy (non-hydrogen) atoms. The second-order valence-corrected chi connectivity index (χ2v) is 5.64. The molecule has 88 valence electrons. The molecule has 1 aliphatic heterocycles. The molecule has 1 aliphatic rings. The Morgan fingerprint density at radius 1 is 1.31 bits per heavy atom. The Balaban J connectivity index is 2.15. The summed E-state index contributed by atoms with van der Waals surface area (Å²) < 4.78 is 1.25. The molecule has 1 saturated heterocycles. The second-order valence-electron chi connectivity index (χ2n) is 4.79. The third-order valence-corrected chi connectivity index (χ3v) is 4.52. The number of halogens is 1. The molecule has 0 aliphatic carbocycles. The Bertz CT molecular complexity index is 342. The quantitative estimate of drug-likeness (QED) is 0.886. The van der Waals surface area contributed by atoms with E-state index < -0.39 is 0 Å². The molecule has 2 rings (SSSR count). The molecule has 0 amide bonds. The van der Waals surface area contributed by atoms with Gasteiger partial charge in [0.1, 0.15) is 0 Å². The van der Waals surface area contributed by atoms with Gasteiger partial charge in [0.25, 0.3) is 0 Å². The Morgan fingerprint density at radius 2 is 2.12 bits per heavy atom. The minimum absolute atomic E-state index is 0.335. The van der Waals surface area contributed by atoms with E-state index in [9.17, 15) is 0 Å². The van der Waals surface area contributed by atoms with Gasteiger partial charge >= 0.3 is 0 Å². The first-order valence-corrected chi connectivity index (χ1v) is 7.03. The summed E-state index contributed by atoms with van der Waals surface area (Å²) >= 11 is 3.65. The number of hydrogen-bond acceptors (Lipinski definition) is 1. The van der Waals surface area contributed by atoms with Gasteiger partial charge in [0, 0.05) is 10.0 Å². The Labute approximate surface area is 107 Å². The highest BCUT2D eigenvalue weighted by atomic mass is 79.9. The number of rotatable bonds is 3. The molecule has 1 fully saturated rings. The third kappa shape index (κ3) is 2.67. The van der Waals surface area contributed by atoms with E-state index in [1.54, 1.807) is 0 Å². The topological polar surface area (TPSA) is 12.0 Å². The van der Waals surface area contributed by atoms with Crippen LogP contribution < -0.4 is 5.32 Å². The Hall–Kier alpha value is -0.340. The van der Waals surface area contributed by atoms with Crippen LogP contribution in [0.25, 0.3) is 0 Å². The molecule has 0 aromatic heterocycles. The van der Waals surface area contributed by atoms with Gasteiger partial charge in [0.15, 0.2) is 0 Å². The minimum atomic E-state index is 0.335. The monoisotopic (exact) mass is 281 g/mol. The predicted octanol–water partition coefficient (Wildman–Crippen LogP) is 3.91. The molecule has 0 radical (unpaired) electrons. The molecule has 1 N–H and O–H groups in total. The average Bonchev–Trinajstić information content (AvgIpc) is 2.33. The SMILES string of the molecule is CCC1(Cc2ccccc2Br)CCCCN1. The third-order valence-electron chi connectivity index (χ3n) is 3.75. The van der Waals surface area contributed by atoms with Crippen LogP contribution in [-0.2, 0) is 6.42 Å². The molecule has 1 unspecified atom stereocenters. The van der Waals surface area contributed by atoms with Crippen LogP contribution in [0.1, 0.15) is 38.2 Å². The highest BCUT2D eigenvalue weighted by Crippen LogP contribution is 2.29. The van der Waals surface area contributed by atoms with E-state index in [1.165, 1.54) is 42.3 Å². The Kier molecular flexibility index (Phi) is 4.04. The normalized spacial score (nSPS) is 25.6. The van der Waals surface area contributed by atoms with Gasteiger partial charge in [0.05, 0.1) is 0 Å². The first-order valence-electron chi connectivity index (χ1n) is 6.24. The van der Waals surface area contributed by atoms with E-state index in [2.05, 4.69) is 52.4 Å². The summed E-state index contributed by atoms with van der Waals surface area (Å²) in [5.41, 5.74) is 1.76. The fourth-order valence-corrected chi connectivity index (χ4v) is 3.04. The Morgan fingerprint density at radius 3 is 2.75 bits per heavy atom. The highest BCUT2D eigenvalue weighted by Gasteiger charge is 2.30. The van der Waals surface area contributed by atoms with Crippen molar-refractivity contribution in [3.63, 3.8) is 0 Å². The van der Waals surface area contributed by atoms with Crippen molar-refractivity contribution in [2.24, 2.45) is 0 Å². The molecule has 1 aromatic carbocycles. The van der Waals surface area contributed by atoms with E-state index in [4.69, 9.17) is 0 Å². The fraction of sp³-hybridized carbons (Fsp3) is 0.571. The summed E-state index contributed by atoms with van der Waals surface area (Å²) in [6, 6.07) is 8.59. The molecule has 0 saturated carbocycles. The largest absolute Gasteiger partial charge is 0.311 e. The molecular weight excluding hydrogens is 262 g/mol. The maximum Gasteiger partial charge on any atom is 0.0219 e. The summed E-state index contributed by atoms with van der Waals surface area (Å²) in [6.07, 6.45) is 6.37. The van der Waals surface area contributed by atoms with Crippen molar-refractivity contribution in [1.82, 2.24) is 5.32 Å². The number of benzene rings is 1. The van der Waals surface area contributed by atoms with Crippen LogP contribution in [0, 0.1) is 0 Å². The molecule has 1 heterocycles. The predicted molar refractivity (Wildman–Crippen MR) is 72.7 cm³/mol. The number of nitrogens with one attached hydrogen (secondary N) is 1. The van der Waals surface area contributed by atoms with Crippen LogP contribution in [0.2, 0.25) is 0 Å². The molecule has 1 atom stereocenters. The lowest BCUT2D eigenvalue weighted by atomic mass is 9.81. The average molecular weight is 282 g/mol. The zero-order valence-corrected chi connectivity index (χ0v) is 11.5. The van der Waals surface area contributed by atoms with Gasteiger partial charge in [-0.3, -0.25) is 0 Å². The van der Waals surface area contributed by atoms with E-state index in [0.717, 1.165) is 6.42 Å². The van der Waals surface area contributed by atoms with Crippen molar-refractivity contribution in [3.05, 3.63) is 34.3 Å². The van der Waals surface area contributed by atoms with Crippen LogP contribution in [0.3, 0.4) is 0 Å². The van der Waals surface area contributed by atoms with Crippen LogP contribution in [0.5, 0.6) is 0 Å². The maximum absolute atomic E-state index is 3.74. The lowest BCUT2D eigenvalue weighted by Gasteiger charge is -2.38. The lowest BCUT2D eigenvalue weighted by molar-refractivity contribution is 0.243. The summed E-state index contributed by atoms with van der Waals surface area (Å²) in [7, 11) is 0. The molecular formula is C14H20BrN. The van der Waals surface area contributed by atoms with Crippen molar-refractivity contribution in [2.75, 3.05) is 6.54 Å². The van der Waals surface area contributed by atoms with Gasteiger partial charge in [-0.25, -0.2) is 0 Å². The zero-order chi connectivity index (χ0) is 11.4. The molecule has 1 nitrogen and oxygen atoms in total. The van der Waals surface area contributed by atoms with Gasteiger partial charge < -0.3 is 5.32 Å². The van der Waals surface area contributed by atoms with E-state index >= 15 is 0 Å². The van der Waals surface area contributed by atoms with Crippen molar-refractivity contribution in [3.8, 4) is 0 Å². The fourth-order valence-electron chi connectivity index (χ4n) is 2.61. The van der Waals surface area contributed by atoms with Gasteiger partial charge in [-0.1, -0.05) is 47.5 Å². The van der Waals surface area contributed by atoms with Crippen molar-refractivity contribution >= 4 is 15.9 Å². The number of hydrogen-bond donors (Lipinski definition) is 1. The van der Waals surface area contributed by atoms with Gasteiger partial charge in [0.2, 0.25) is 0 Å². The molecule has 0 spiro atoms. The summed E-state index contributed by atoms with van der Waals surface area (Å²) in [5.74, 6) is 0. The van der Waals surface area contributed by atoms with E-state index in [-0.39, 0.29) is 0 Å². The lowest BCUT2D eigenvalue weighted by Crippen LogP contribution is -2.49. The summed E-state index contributed by atoms with van der Waals surface area (Å²) in [6.45, 7) is 3.48. The molecule has 0 bridgehead atoms. The minimum Gasteiger partial charge on any atom is -0.311 e. The van der Waals surface area contributed by atoms with Gasteiger partial charge in [-0.15, -0.1) is 0 Å². The van der Waals surface area contributed by atoms with Gasteiger partial charge in [-0.2, -0.15) is 0 Å². The van der Waals surface area contributed by atoms with Crippen LogP contribution in [-0.4, -0.2) is 12.1 Å². The van der Waals surface area contributed by atoms with Crippen LogP contribution in [0.15, 0.2) is 28.7 Å². The zero-order valence-electron chi connectivity index (χ0n) is 9.93. The molecule has 2 heteroatoms. The first kappa shape index (κ1) is 12.1. The second kappa shape index (κ2) is 5.33. The maximum atomic E-state index is 3.74. The smallest absolute Gasteiger partial charge is 0.0219 e. The van der Waals surface area contributed by atoms with Crippen molar-refractivity contribution in [2.45, 2.75) is 44.6 Å². The standard InChI is InChI=1S/C14H20BrN/c1-2-14(9-5-6-10-16-14)11-12-7-3-4-8-13(12)15/h3-4,7-8,16H,2,5-6,9-11H2,1H3.